The highest BCUT2D eigenvalue weighted by molar-refractivity contribution is 6.03. The van der Waals surface area contributed by atoms with Crippen LogP contribution in [0.5, 0.6) is 5.75 Å². The lowest BCUT2D eigenvalue weighted by molar-refractivity contribution is -0.384. The summed E-state index contributed by atoms with van der Waals surface area (Å²) in [6, 6.07) is 20.7. The van der Waals surface area contributed by atoms with E-state index in [1.165, 1.54) is 18.2 Å². The number of carbonyl (C=O) groups excluding carboxylic acids is 2. The fraction of sp³-hybridized carbons (Fsp3) is 0.0833. The zero-order valence-electron chi connectivity index (χ0n) is 16.9. The predicted molar refractivity (Wildman–Crippen MR) is 120 cm³/mol. The molecule has 3 aromatic rings. The van der Waals surface area contributed by atoms with Crippen LogP contribution in [0.2, 0.25) is 0 Å². The minimum Gasteiger partial charge on any atom is -0.481 e. The SMILES string of the molecule is O=C(/C=C/c1ccc([N+](=O)[O-])cc1)Nc1ccc2c(c1)OCC(=O)N2Cc1ccccc1. The van der Waals surface area contributed by atoms with Crippen LogP contribution in [0, 0.1) is 10.1 Å². The van der Waals surface area contributed by atoms with Gasteiger partial charge in [0.1, 0.15) is 5.75 Å². The Morgan fingerprint density at radius 2 is 1.84 bits per heavy atom. The van der Waals surface area contributed by atoms with Crippen LogP contribution in [0.15, 0.2) is 78.9 Å². The molecule has 1 aliphatic rings. The lowest BCUT2D eigenvalue weighted by Gasteiger charge is -2.29. The molecule has 0 fully saturated rings. The van der Waals surface area contributed by atoms with Crippen molar-refractivity contribution in [2.75, 3.05) is 16.8 Å². The van der Waals surface area contributed by atoms with Gasteiger partial charge in [-0.15, -0.1) is 0 Å². The van der Waals surface area contributed by atoms with Crippen molar-refractivity contribution in [3.05, 3.63) is 100 Å². The van der Waals surface area contributed by atoms with E-state index in [2.05, 4.69) is 5.32 Å². The Bertz CT molecular complexity index is 1190. The summed E-state index contributed by atoms with van der Waals surface area (Å²) in [4.78, 5) is 36.5. The molecular weight excluding hydrogens is 410 g/mol. The average Bonchev–Trinajstić information content (AvgIpc) is 2.80. The number of amides is 2. The molecule has 0 saturated heterocycles. The standard InChI is InChI=1S/C24H19N3O5/c28-23(13-8-17-6-10-20(11-7-17)27(30)31)25-19-9-12-21-22(14-19)32-16-24(29)26(21)15-18-4-2-1-3-5-18/h1-14H,15-16H2,(H,25,28)/b13-8+. The van der Waals surface area contributed by atoms with Gasteiger partial charge in [-0.25, -0.2) is 0 Å². The van der Waals surface area contributed by atoms with Gasteiger partial charge in [-0.2, -0.15) is 0 Å². The van der Waals surface area contributed by atoms with Crippen molar-refractivity contribution in [3.8, 4) is 5.75 Å². The first-order chi connectivity index (χ1) is 15.5. The number of carbonyl (C=O) groups is 2. The van der Waals surface area contributed by atoms with Gasteiger partial charge in [-0.3, -0.25) is 19.7 Å². The molecule has 1 N–H and O–H groups in total. The summed E-state index contributed by atoms with van der Waals surface area (Å²) in [5.74, 6) is 0.0122. The van der Waals surface area contributed by atoms with Crippen LogP contribution in [0.3, 0.4) is 0 Å². The van der Waals surface area contributed by atoms with Crippen LogP contribution in [-0.4, -0.2) is 23.3 Å². The van der Waals surface area contributed by atoms with Gasteiger partial charge >= 0.3 is 0 Å². The minimum atomic E-state index is -0.479. The van der Waals surface area contributed by atoms with E-state index in [4.69, 9.17) is 4.74 Å². The average molecular weight is 429 g/mol. The molecule has 2 amide bonds. The van der Waals surface area contributed by atoms with Crippen LogP contribution in [0.1, 0.15) is 11.1 Å². The van der Waals surface area contributed by atoms with Crippen molar-refractivity contribution in [3.63, 3.8) is 0 Å². The molecule has 1 heterocycles. The van der Waals surface area contributed by atoms with Gasteiger partial charge < -0.3 is 15.0 Å². The topological polar surface area (TPSA) is 102 Å². The van der Waals surface area contributed by atoms with Crippen molar-refractivity contribution >= 4 is 35.0 Å². The molecule has 160 valence electrons. The highest BCUT2D eigenvalue weighted by Crippen LogP contribution is 2.35. The number of rotatable bonds is 6. The van der Waals surface area contributed by atoms with Crippen LogP contribution in [0.4, 0.5) is 17.1 Å². The smallest absolute Gasteiger partial charge is 0.269 e. The van der Waals surface area contributed by atoms with Crippen molar-refractivity contribution in [1.29, 1.82) is 0 Å². The van der Waals surface area contributed by atoms with E-state index in [1.54, 1.807) is 41.3 Å². The number of hydrogen-bond donors (Lipinski definition) is 1. The maximum Gasteiger partial charge on any atom is 0.269 e. The van der Waals surface area contributed by atoms with Crippen LogP contribution in [-0.2, 0) is 16.1 Å². The monoisotopic (exact) mass is 429 g/mol. The zero-order valence-corrected chi connectivity index (χ0v) is 16.9. The van der Waals surface area contributed by atoms with E-state index in [0.717, 1.165) is 5.56 Å². The molecule has 0 atom stereocenters. The molecule has 0 radical (unpaired) electrons. The van der Waals surface area contributed by atoms with E-state index in [0.29, 0.717) is 29.2 Å². The molecule has 4 rings (SSSR count). The first kappa shape index (κ1) is 20.8. The molecule has 0 aliphatic carbocycles. The Labute approximate surface area is 183 Å². The van der Waals surface area contributed by atoms with E-state index >= 15 is 0 Å². The number of nitrogens with zero attached hydrogens (tertiary/aromatic N) is 2. The fourth-order valence-electron chi connectivity index (χ4n) is 3.28. The summed E-state index contributed by atoms with van der Waals surface area (Å²) >= 11 is 0. The number of non-ortho nitro benzene ring substituents is 1. The number of anilines is 2. The van der Waals surface area contributed by atoms with Gasteiger partial charge in [0, 0.05) is 30.0 Å². The van der Waals surface area contributed by atoms with Gasteiger partial charge in [0.05, 0.1) is 17.2 Å². The third-order valence-corrected chi connectivity index (χ3v) is 4.88. The molecule has 3 aromatic carbocycles. The summed E-state index contributed by atoms with van der Waals surface area (Å²) in [5.41, 5.74) is 2.82. The van der Waals surface area contributed by atoms with Gasteiger partial charge in [-0.1, -0.05) is 30.3 Å². The van der Waals surface area contributed by atoms with Crippen LogP contribution in [0.25, 0.3) is 6.08 Å². The lowest BCUT2D eigenvalue weighted by Crippen LogP contribution is -2.38. The first-order valence-corrected chi connectivity index (χ1v) is 9.84. The second-order valence-electron chi connectivity index (χ2n) is 7.11. The van der Waals surface area contributed by atoms with Gasteiger partial charge in [-0.05, 0) is 41.5 Å². The number of nitro benzene ring substituents is 1. The first-order valence-electron chi connectivity index (χ1n) is 9.84. The molecule has 0 saturated carbocycles. The maximum absolute atomic E-state index is 12.4. The largest absolute Gasteiger partial charge is 0.481 e. The molecule has 8 heteroatoms. The zero-order chi connectivity index (χ0) is 22.5. The van der Waals surface area contributed by atoms with E-state index in [1.807, 2.05) is 30.3 Å². The maximum atomic E-state index is 12.4. The molecule has 32 heavy (non-hydrogen) atoms. The normalized spacial score (nSPS) is 12.9. The Morgan fingerprint density at radius 1 is 1.09 bits per heavy atom. The molecule has 0 unspecified atom stereocenters. The number of nitrogens with one attached hydrogen (secondary N) is 1. The Kier molecular flexibility index (Phi) is 5.94. The van der Waals surface area contributed by atoms with Gasteiger partial charge in [0.25, 0.3) is 11.6 Å². The molecular formula is C24H19N3O5. The summed E-state index contributed by atoms with van der Waals surface area (Å²) in [6.07, 6.45) is 2.90. The minimum absolute atomic E-state index is 0.0135. The Hall–Kier alpha value is -4.46. The number of benzene rings is 3. The molecule has 0 bridgehead atoms. The van der Waals surface area contributed by atoms with Crippen LogP contribution < -0.4 is 15.0 Å². The molecule has 0 aromatic heterocycles. The van der Waals surface area contributed by atoms with Crippen LogP contribution >= 0.6 is 0 Å². The summed E-state index contributed by atoms with van der Waals surface area (Å²) in [6.45, 7) is 0.358. The second-order valence-corrected chi connectivity index (χ2v) is 7.11. The van der Waals surface area contributed by atoms with Gasteiger partial charge in [0.15, 0.2) is 6.61 Å². The number of ether oxygens (including phenoxy) is 1. The molecule has 0 spiro atoms. The number of nitro groups is 1. The van der Waals surface area contributed by atoms with Crippen molar-refractivity contribution in [2.45, 2.75) is 6.54 Å². The van der Waals surface area contributed by atoms with Crippen molar-refractivity contribution < 1.29 is 19.2 Å². The van der Waals surface area contributed by atoms with Gasteiger partial charge in [0.2, 0.25) is 5.91 Å². The summed E-state index contributed by atoms with van der Waals surface area (Å²) < 4.78 is 5.57. The summed E-state index contributed by atoms with van der Waals surface area (Å²) in [5, 5.41) is 13.5. The fourth-order valence-corrected chi connectivity index (χ4v) is 3.28. The van der Waals surface area contributed by atoms with E-state index in [9.17, 15) is 19.7 Å². The van der Waals surface area contributed by atoms with E-state index < -0.39 is 4.92 Å². The summed E-state index contributed by atoms with van der Waals surface area (Å²) in [7, 11) is 0. The van der Waals surface area contributed by atoms with Crippen molar-refractivity contribution in [2.24, 2.45) is 0 Å². The Morgan fingerprint density at radius 3 is 2.56 bits per heavy atom. The Balaban J connectivity index is 1.44. The third kappa shape index (κ3) is 4.81. The highest BCUT2D eigenvalue weighted by atomic mass is 16.6. The lowest BCUT2D eigenvalue weighted by atomic mass is 10.1. The molecule has 1 aliphatic heterocycles. The quantitative estimate of drug-likeness (QED) is 0.360. The number of fused-ring (bicyclic) bond motifs is 1. The van der Waals surface area contributed by atoms with E-state index in [-0.39, 0.29) is 24.1 Å². The highest BCUT2D eigenvalue weighted by Gasteiger charge is 2.26. The number of hydrogen-bond acceptors (Lipinski definition) is 5. The van der Waals surface area contributed by atoms with Crippen molar-refractivity contribution in [1.82, 2.24) is 0 Å². The predicted octanol–water partition coefficient (Wildman–Crippen LogP) is 4.17. The molecule has 8 nitrogen and oxygen atoms in total. The second kappa shape index (κ2) is 9.13. The third-order valence-electron chi connectivity index (χ3n) is 4.88.